The molecular formula is C12H17NO3S. The van der Waals surface area contributed by atoms with E-state index in [2.05, 4.69) is 5.16 Å². The molecule has 0 heterocycles. The highest BCUT2D eigenvalue weighted by Crippen LogP contribution is 2.07. The average Bonchev–Trinajstić information content (AvgIpc) is 2.29. The highest BCUT2D eigenvalue weighted by atomic mass is 32.2. The van der Waals surface area contributed by atoms with Crippen LogP contribution in [-0.4, -0.2) is 27.0 Å². The average molecular weight is 255 g/mol. The standard InChI is InChI=1S/C12H17NO3S/c1-2-13-16-9-6-10-17(14,15)11-12-7-4-3-5-8-12/h2-5,7-8H,6,9-11H2,1H3/b13-2+. The predicted octanol–water partition coefficient (Wildman–Crippen LogP) is 2.01. The molecule has 0 bridgehead atoms. The van der Waals surface area contributed by atoms with Gasteiger partial charge in [0.15, 0.2) is 9.84 Å². The van der Waals surface area contributed by atoms with Crippen LogP contribution in [0, 0.1) is 0 Å². The first-order valence-corrected chi connectivity index (χ1v) is 7.30. The summed E-state index contributed by atoms with van der Waals surface area (Å²) in [6, 6.07) is 9.17. The van der Waals surface area contributed by atoms with Crippen molar-refractivity contribution in [2.24, 2.45) is 5.16 Å². The van der Waals surface area contributed by atoms with Crippen LogP contribution in [0.1, 0.15) is 18.9 Å². The molecular weight excluding hydrogens is 238 g/mol. The van der Waals surface area contributed by atoms with E-state index in [1.54, 1.807) is 6.92 Å². The molecule has 17 heavy (non-hydrogen) atoms. The second kappa shape index (κ2) is 7.06. The molecule has 0 radical (unpaired) electrons. The zero-order valence-electron chi connectivity index (χ0n) is 9.87. The van der Waals surface area contributed by atoms with Gasteiger partial charge in [-0.2, -0.15) is 0 Å². The third-order valence-corrected chi connectivity index (χ3v) is 3.78. The predicted molar refractivity (Wildman–Crippen MR) is 68.7 cm³/mol. The molecule has 1 aromatic carbocycles. The summed E-state index contributed by atoms with van der Waals surface area (Å²) in [7, 11) is -3.05. The van der Waals surface area contributed by atoms with Crippen molar-refractivity contribution >= 4 is 16.1 Å². The molecule has 0 fully saturated rings. The van der Waals surface area contributed by atoms with E-state index in [1.807, 2.05) is 30.3 Å². The highest BCUT2D eigenvalue weighted by Gasteiger charge is 2.11. The number of oxime groups is 1. The van der Waals surface area contributed by atoms with Crippen LogP contribution in [-0.2, 0) is 20.4 Å². The summed E-state index contributed by atoms with van der Waals surface area (Å²) in [5.41, 5.74) is 0.819. The van der Waals surface area contributed by atoms with Gasteiger partial charge in [0.05, 0.1) is 11.5 Å². The molecule has 4 nitrogen and oxygen atoms in total. The molecule has 0 N–H and O–H groups in total. The third kappa shape index (κ3) is 6.06. The molecule has 0 aliphatic carbocycles. The van der Waals surface area contributed by atoms with Gasteiger partial charge in [0.2, 0.25) is 0 Å². The smallest absolute Gasteiger partial charge is 0.154 e. The van der Waals surface area contributed by atoms with Crippen LogP contribution >= 0.6 is 0 Å². The Labute approximate surface area is 102 Å². The minimum Gasteiger partial charge on any atom is -0.396 e. The van der Waals surface area contributed by atoms with Gasteiger partial charge in [0.25, 0.3) is 0 Å². The summed E-state index contributed by atoms with van der Waals surface area (Å²) in [5.74, 6) is 0.214. The van der Waals surface area contributed by atoms with Gasteiger partial charge in [-0.05, 0) is 18.9 Å². The summed E-state index contributed by atoms with van der Waals surface area (Å²) < 4.78 is 23.5. The van der Waals surface area contributed by atoms with Crippen LogP contribution in [0.4, 0.5) is 0 Å². The summed E-state index contributed by atoms with van der Waals surface area (Å²) >= 11 is 0. The molecule has 0 aromatic heterocycles. The van der Waals surface area contributed by atoms with E-state index in [9.17, 15) is 8.42 Å². The van der Waals surface area contributed by atoms with Crippen LogP contribution in [0.15, 0.2) is 35.5 Å². The molecule has 0 unspecified atom stereocenters. The summed E-state index contributed by atoms with van der Waals surface area (Å²) in [6.45, 7) is 2.07. The molecule has 0 aliphatic rings. The maximum Gasteiger partial charge on any atom is 0.154 e. The van der Waals surface area contributed by atoms with E-state index < -0.39 is 9.84 Å². The summed E-state index contributed by atoms with van der Waals surface area (Å²) in [4.78, 5) is 4.83. The van der Waals surface area contributed by atoms with Gasteiger partial charge in [-0.3, -0.25) is 0 Å². The van der Waals surface area contributed by atoms with Gasteiger partial charge in [0, 0.05) is 6.21 Å². The van der Waals surface area contributed by atoms with Crippen molar-refractivity contribution in [3.05, 3.63) is 35.9 Å². The molecule has 1 rings (SSSR count). The minimum atomic E-state index is -3.05. The van der Waals surface area contributed by atoms with Crippen molar-refractivity contribution in [1.82, 2.24) is 0 Å². The van der Waals surface area contributed by atoms with Gasteiger partial charge in [-0.1, -0.05) is 35.5 Å². The van der Waals surface area contributed by atoms with Gasteiger partial charge in [-0.25, -0.2) is 8.42 Å². The Bertz CT molecular complexity index is 440. The van der Waals surface area contributed by atoms with E-state index in [1.165, 1.54) is 6.21 Å². The zero-order valence-corrected chi connectivity index (χ0v) is 10.7. The maximum absolute atomic E-state index is 11.7. The first-order chi connectivity index (χ1) is 8.14. The fourth-order valence-electron chi connectivity index (χ4n) is 1.37. The minimum absolute atomic E-state index is 0.0882. The molecule has 0 aliphatic heterocycles. The number of sulfone groups is 1. The van der Waals surface area contributed by atoms with Crippen molar-refractivity contribution in [3.63, 3.8) is 0 Å². The number of nitrogens with zero attached hydrogens (tertiary/aromatic N) is 1. The SMILES string of the molecule is C/C=N/OCCCS(=O)(=O)Cc1ccccc1. The van der Waals surface area contributed by atoms with Crippen molar-refractivity contribution in [2.75, 3.05) is 12.4 Å². The molecule has 0 atom stereocenters. The van der Waals surface area contributed by atoms with E-state index in [0.29, 0.717) is 13.0 Å². The maximum atomic E-state index is 11.7. The van der Waals surface area contributed by atoms with E-state index >= 15 is 0 Å². The van der Waals surface area contributed by atoms with Crippen molar-refractivity contribution < 1.29 is 13.3 Å². The Hall–Kier alpha value is -1.36. The number of benzene rings is 1. The molecule has 5 heteroatoms. The largest absolute Gasteiger partial charge is 0.396 e. The normalized spacial score (nSPS) is 11.8. The van der Waals surface area contributed by atoms with Crippen molar-refractivity contribution in [1.29, 1.82) is 0 Å². The molecule has 94 valence electrons. The van der Waals surface area contributed by atoms with Crippen LogP contribution in [0.3, 0.4) is 0 Å². The first kappa shape index (κ1) is 13.7. The fraction of sp³-hybridized carbons (Fsp3) is 0.417. The lowest BCUT2D eigenvalue weighted by Gasteiger charge is -2.04. The Morgan fingerprint density at radius 1 is 1.29 bits per heavy atom. The molecule has 0 saturated heterocycles. The molecule has 0 spiro atoms. The van der Waals surface area contributed by atoms with E-state index in [-0.39, 0.29) is 11.5 Å². The van der Waals surface area contributed by atoms with Gasteiger partial charge < -0.3 is 4.84 Å². The van der Waals surface area contributed by atoms with Gasteiger partial charge >= 0.3 is 0 Å². The second-order valence-corrected chi connectivity index (χ2v) is 5.81. The van der Waals surface area contributed by atoms with E-state index in [0.717, 1.165) is 5.56 Å². The molecule has 0 saturated carbocycles. The lowest BCUT2D eigenvalue weighted by Crippen LogP contribution is -2.10. The van der Waals surface area contributed by atoms with Crippen LogP contribution in [0.5, 0.6) is 0 Å². The third-order valence-electron chi connectivity index (χ3n) is 2.10. The van der Waals surface area contributed by atoms with Gasteiger partial charge in [-0.15, -0.1) is 0 Å². The topological polar surface area (TPSA) is 55.7 Å². The monoisotopic (exact) mass is 255 g/mol. The second-order valence-electron chi connectivity index (χ2n) is 3.63. The lowest BCUT2D eigenvalue weighted by atomic mass is 10.2. The summed E-state index contributed by atoms with van der Waals surface area (Å²) in [5, 5.41) is 3.56. The van der Waals surface area contributed by atoms with E-state index in [4.69, 9.17) is 4.84 Å². The quantitative estimate of drug-likeness (QED) is 0.425. The number of hydrogen-bond donors (Lipinski definition) is 0. The van der Waals surface area contributed by atoms with Crippen molar-refractivity contribution in [3.8, 4) is 0 Å². The van der Waals surface area contributed by atoms with Crippen molar-refractivity contribution in [2.45, 2.75) is 19.1 Å². The Morgan fingerprint density at radius 3 is 2.65 bits per heavy atom. The highest BCUT2D eigenvalue weighted by molar-refractivity contribution is 7.90. The fourth-order valence-corrected chi connectivity index (χ4v) is 2.77. The Kier molecular flexibility index (Phi) is 5.69. The number of rotatable bonds is 7. The first-order valence-electron chi connectivity index (χ1n) is 5.48. The van der Waals surface area contributed by atoms with Crippen LogP contribution in [0.25, 0.3) is 0 Å². The number of hydrogen-bond acceptors (Lipinski definition) is 4. The Balaban J connectivity index is 2.36. The van der Waals surface area contributed by atoms with Crippen LogP contribution < -0.4 is 0 Å². The van der Waals surface area contributed by atoms with Gasteiger partial charge in [0.1, 0.15) is 6.61 Å². The molecule has 0 amide bonds. The Morgan fingerprint density at radius 2 is 2.00 bits per heavy atom. The molecule has 1 aromatic rings. The summed E-state index contributed by atoms with van der Waals surface area (Å²) in [6.07, 6.45) is 1.99. The zero-order chi connectivity index (χ0) is 12.6. The van der Waals surface area contributed by atoms with Crippen LogP contribution in [0.2, 0.25) is 0 Å². The lowest BCUT2D eigenvalue weighted by molar-refractivity contribution is 0.147.